The standard InChI is InChI=1S/C12H22N2O5S/c1-9-3-5-14(6-4-9)20(17,18)13-10-7-19-8-12(10,2)11(15)16/h9-10,13H,3-8H2,1-2H3,(H,15,16). The second kappa shape index (κ2) is 5.59. The molecule has 2 rings (SSSR count). The average Bonchev–Trinajstić information content (AvgIpc) is 2.72. The summed E-state index contributed by atoms with van der Waals surface area (Å²) in [6.07, 6.45) is 1.66. The van der Waals surface area contributed by atoms with Gasteiger partial charge in [-0.1, -0.05) is 6.92 Å². The molecule has 0 aliphatic carbocycles. The summed E-state index contributed by atoms with van der Waals surface area (Å²) in [6.45, 7) is 4.68. The Balaban J connectivity index is 2.06. The van der Waals surface area contributed by atoms with Crippen LogP contribution in [0.2, 0.25) is 0 Å². The number of carbonyl (C=O) groups is 1. The molecule has 2 unspecified atom stereocenters. The quantitative estimate of drug-likeness (QED) is 0.764. The van der Waals surface area contributed by atoms with E-state index >= 15 is 0 Å². The lowest BCUT2D eigenvalue weighted by Gasteiger charge is -2.32. The van der Waals surface area contributed by atoms with Gasteiger partial charge in [-0.05, 0) is 25.7 Å². The Bertz CT molecular complexity index is 472. The number of ether oxygens (including phenoxy) is 1. The van der Waals surface area contributed by atoms with Gasteiger partial charge in [0.05, 0.1) is 19.3 Å². The summed E-state index contributed by atoms with van der Waals surface area (Å²) in [6, 6.07) is -0.732. The Morgan fingerprint density at radius 2 is 2.00 bits per heavy atom. The van der Waals surface area contributed by atoms with Crippen molar-refractivity contribution < 1.29 is 23.1 Å². The molecular formula is C12H22N2O5S. The Morgan fingerprint density at radius 1 is 1.40 bits per heavy atom. The van der Waals surface area contributed by atoms with Crippen LogP contribution in [-0.2, 0) is 19.7 Å². The number of hydrogen-bond acceptors (Lipinski definition) is 4. The molecule has 2 heterocycles. The van der Waals surface area contributed by atoms with E-state index in [2.05, 4.69) is 11.6 Å². The highest BCUT2D eigenvalue weighted by Crippen LogP contribution is 2.30. The molecular weight excluding hydrogens is 284 g/mol. The van der Waals surface area contributed by atoms with Gasteiger partial charge in [0.25, 0.3) is 10.2 Å². The van der Waals surface area contributed by atoms with Gasteiger partial charge in [0.1, 0.15) is 5.41 Å². The molecule has 0 spiro atoms. The van der Waals surface area contributed by atoms with Crippen molar-refractivity contribution in [2.75, 3.05) is 26.3 Å². The summed E-state index contributed by atoms with van der Waals surface area (Å²) in [5.41, 5.74) is -1.21. The summed E-state index contributed by atoms with van der Waals surface area (Å²) in [4.78, 5) is 11.3. The molecule has 2 aliphatic heterocycles. The van der Waals surface area contributed by atoms with Gasteiger partial charge < -0.3 is 9.84 Å². The van der Waals surface area contributed by atoms with E-state index in [1.165, 1.54) is 11.2 Å². The van der Waals surface area contributed by atoms with Crippen molar-refractivity contribution in [2.45, 2.75) is 32.7 Å². The zero-order valence-electron chi connectivity index (χ0n) is 11.8. The number of carboxylic acid groups (broad SMARTS) is 1. The van der Waals surface area contributed by atoms with Crippen LogP contribution in [0.25, 0.3) is 0 Å². The first-order valence-corrected chi connectivity index (χ1v) is 8.28. The minimum absolute atomic E-state index is 0.0204. The zero-order chi connectivity index (χ0) is 15.0. The van der Waals surface area contributed by atoms with Crippen molar-refractivity contribution >= 4 is 16.2 Å². The minimum Gasteiger partial charge on any atom is -0.481 e. The molecule has 20 heavy (non-hydrogen) atoms. The molecule has 0 radical (unpaired) electrons. The number of nitrogens with zero attached hydrogens (tertiary/aromatic N) is 1. The fourth-order valence-corrected chi connectivity index (χ4v) is 4.06. The molecule has 0 aromatic carbocycles. The summed E-state index contributed by atoms with van der Waals surface area (Å²) in [5, 5.41) is 9.26. The second-order valence-electron chi connectivity index (χ2n) is 5.99. The average molecular weight is 306 g/mol. The molecule has 0 amide bonds. The van der Waals surface area contributed by atoms with Crippen LogP contribution in [0, 0.1) is 11.3 Å². The molecule has 8 heteroatoms. The molecule has 0 saturated carbocycles. The van der Waals surface area contributed by atoms with Crippen LogP contribution < -0.4 is 4.72 Å². The van der Waals surface area contributed by atoms with E-state index in [9.17, 15) is 18.3 Å². The van der Waals surface area contributed by atoms with Crippen LogP contribution in [0.1, 0.15) is 26.7 Å². The Kier molecular flexibility index (Phi) is 4.38. The molecule has 0 aromatic heterocycles. The SMILES string of the molecule is CC1CCN(S(=O)(=O)NC2COCC2(C)C(=O)O)CC1. The highest BCUT2D eigenvalue weighted by atomic mass is 32.2. The highest BCUT2D eigenvalue weighted by Gasteiger charge is 2.48. The van der Waals surface area contributed by atoms with Gasteiger partial charge in [-0.3, -0.25) is 4.79 Å². The van der Waals surface area contributed by atoms with Crippen LogP contribution in [-0.4, -0.2) is 56.1 Å². The maximum absolute atomic E-state index is 12.3. The number of carboxylic acids is 1. The summed E-state index contributed by atoms with van der Waals surface area (Å²) in [5.74, 6) is -0.518. The van der Waals surface area contributed by atoms with Crippen molar-refractivity contribution in [1.82, 2.24) is 9.03 Å². The van der Waals surface area contributed by atoms with Crippen LogP contribution in [0.15, 0.2) is 0 Å². The third-order valence-corrected chi connectivity index (χ3v) is 5.95. The van der Waals surface area contributed by atoms with E-state index < -0.39 is 27.6 Å². The third kappa shape index (κ3) is 2.98. The molecule has 2 atom stereocenters. The van der Waals surface area contributed by atoms with Crippen LogP contribution in [0.5, 0.6) is 0 Å². The largest absolute Gasteiger partial charge is 0.481 e. The van der Waals surface area contributed by atoms with Gasteiger partial charge in [-0.15, -0.1) is 0 Å². The number of aliphatic carboxylic acids is 1. The maximum atomic E-state index is 12.3. The molecule has 7 nitrogen and oxygen atoms in total. The minimum atomic E-state index is -3.65. The van der Waals surface area contributed by atoms with Gasteiger partial charge in [-0.2, -0.15) is 17.4 Å². The summed E-state index contributed by atoms with van der Waals surface area (Å²) >= 11 is 0. The predicted molar refractivity (Wildman–Crippen MR) is 72.4 cm³/mol. The number of hydrogen-bond donors (Lipinski definition) is 2. The number of piperidine rings is 1. The van der Waals surface area contributed by atoms with E-state index in [1.807, 2.05) is 0 Å². The predicted octanol–water partition coefficient (Wildman–Crippen LogP) is 0.0424. The topological polar surface area (TPSA) is 95.9 Å². The maximum Gasteiger partial charge on any atom is 0.313 e. The molecule has 0 bridgehead atoms. The molecule has 2 aliphatic rings. The third-order valence-electron chi connectivity index (χ3n) is 4.32. The first-order valence-electron chi connectivity index (χ1n) is 6.84. The Labute approximate surface area is 119 Å². The van der Waals surface area contributed by atoms with Crippen LogP contribution >= 0.6 is 0 Å². The van der Waals surface area contributed by atoms with Crippen molar-refractivity contribution in [3.8, 4) is 0 Å². The zero-order valence-corrected chi connectivity index (χ0v) is 12.6. The van der Waals surface area contributed by atoms with Crippen molar-refractivity contribution in [3.63, 3.8) is 0 Å². The lowest BCUT2D eigenvalue weighted by atomic mass is 9.86. The first-order chi connectivity index (χ1) is 9.25. The van der Waals surface area contributed by atoms with Crippen molar-refractivity contribution in [3.05, 3.63) is 0 Å². The Morgan fingerprint density at radius 3 is 2.55 bits per heavy atom. The van der Waals surface area contributed by atoms with E-state index in [1.54, 1.807) is 0 Å². The normalized spacial score (nSPS) is 33.4. The second-order valence-corrected chi connectivity index (χ2v) is 7.70. The monoisotopic (exact) mass is 306 g/mol. The summed E-state index contributed by atoms with van der Waals surface area (Å²) in [7, 11) is -3.65. The van der Waals surface area contributed by atoms with Crippen LogP contribution in [0.4, 0.5) is 0 Å². The van der Waals surface area contributed by atoms with Crippen molar-refractivity contribution in [2.24, 2.45) is 11.3 Å². The van der Waals surface area contributed by atoms with Gasteiger partial charge in [-0.25, -0.2) is 0 Å². The lowest BCUT2D eigenvalue weighted by molar-refractivity contribution is -0.148. The van der Waals surface area contributed by atoms with Crippen LogP contribution in [0.3, 0.4) is 0 Å². The molecule has 2 N–H and O–H groups in total. The van der Waals surface area contributed by atoms with Gasteiger partial charge >= 0.3 is 5.97 Å². The van der Waals surface area contributed by atoms with E-state index in [4.69, 9.17) is 4.74 Å². The Hall–Kier alpha value is -0.700. The van der Waals surface area contributed by atoms with Gasteiger partial charge in [0.2, 0.25) is 0 Å². The number of nitrogens with one attached hydrogen (secondary N) is 1. The fourth-order valence-electron chi connectivity index (χ4n) is 2.53. The van der Waals surface area contributed by atoms with E-state index in [0.29, 0.717) is 19.0 Å². The lowest BCUT2D eigenvalue weighted by Crippen LogP contribution is -2.54. The molecule has 2 fully saturated rings. The van der Waals surface area contributed by atoms with E-state index in [0.717, 1.165) is 12.8 Å². The van der Waals surface area contributed by atoms with E-state index in [-0.39, 0.29) is 13.2 Å². The smallest absolute Gasteiger partial charge is 0.313 e. The van der Waals surface area contributed by atoms with Gasteiger partial charge in [0.15, 0.2) is 0 Å². The van der Waals surface area contributed by atoms with Gasteiger partial charge in [0, 0.05) is 13.1 Å². The van der Waals surface area contributed by atoms with Crippen molar-refractivity contribution in [1.29, 1.82) is 0 Å². The fraction of sp³-hybridized carbons (Fsp3) is 0.917. The number of rotatable bonds is 4. The molecule has 2 saturated heterocycles. The molecule has 0 aromatic rings. The highest BCUT2D eigenvalue weighted by molar-refractivity contribution is 7.87. The first kappa shape index (κ1) is 15.7. The molecule has 116 valence electrons. The summed E-state index contributed by atoms with van der Waals surface area (Å²) < 4.78 is 33.7.